The van der Waals surface area contributed by atoms with Crippen molar-refractivity contribution >= 4 is 16.1 Å². The van der Waals surface area contributed by atoms with E-state index < -0.39 is 15.6 Å². The molecule has 4 rings (SSSR count). The quantitative estimate of drug-likeness (QED) is 0.725. The summed E-state index contributed by atoms with van der Waals surface area (Å²) in [7, 11) is 1.21. The zero-order valence-corrected chi connectivity index (χ0v) is 18.8. The highest BCUT2D eigenvalue weighted by Crippen LogP contribution is 2.39. The average molecular weight is 446 g/mol. The van der Waals surface area contributed by atoms with E-state index in [1.807, 2.05) is 24.3 Å². The number of benzene rings is 2. The number of amides is 2. The number of hydrogen-bond acceptors (Lipinski definition) is 5. The molecular weight excluding hydrogens is 418 g/mol. The fourth-order valence-corrected chi connectivity index (χ4v) is 5.75. The SMILES string of the molecule is COc1ccc(CN2C[C@@]3(CCN(C(=O)N(C)C)C3)Oc3ccccc3S2(=O)=O)cc1. The fraction of sp³-hybridized carbons (Fsp3) is 0.409. The van der Waals surface area contributed by atoms with E-state index in [9.17, 15) is 13.2 Å². The summed E-state index contributed by atoms with van der Waals surface area (Å²) in [6.45, 7) is 1.20. The standard InChI is InChI=1S/C22H27N3O5S/c1-23(2)21(26)24-13-12-22(15-24)16-25(14-17-8-10-18(29-3)11-9-17)31(27,28)20-7-5-4-6-19(20)30-22/h4-11H,12-16H2,1-3H3/t22-/m0/s1. The number of nitrogens with zero attached hydrogens (tertiary/aromatic N) is 3. The van der Waals surface area contributed by atoms with Crippen LogP contribution >= 0.6 is 0 Å². The number of carbonyl (C=O) groups is 1. The van der Waals surface area contributed by atoms with Gasteiger partial charge in [0.1, 0.15) is 22.0 Å². The highest BCUT2D eigenvalue weighted by atomic mass is 32.2. The summed E-state index contributed by atoms with van der Waals surface area (Å²) >= 11 is 0. The highest BCUT2D eigenvalue weighted by Gasteiger charge is 2.49. The van der Waals surface area contributed by atoms with Crippen LogP contribution in [0.25, 0.3) is 0 Å². The van der Waals surface area contributed by atoms with Gasteiger partial charge in [-0.3, -0.25) is 0 Å². The van der Waals surface area contributed by atoms with Crippen molar-refractivity contribution in [1.29, 1.82) is 0 Å². The minimum Gasteiger partial charge on any atom is -0.497 e. The number of methoxy groups -OCH3 is 1. The number of fused-ring (bicyclic) bond motifs is 1. The molecule has 2 heterocycles. The van der Waals surface area contributed by atoms with Crippen LogP contribution in [-0.4, -0.2) is 75.0 Å². The lowest BCUT2D eigenvalue weighted by molar-refractivity contribution is 0.0594. The molecule has 0 aliphatic carbocycles. The van der Waals surface area contributed by atoms with E-state index >= 15 is 0 Å². The average Bonchev–Trinajstić information content (AvgIpc) is 3.13. The van der Waals surface area contributed by atoms with Crippen LogP contribution in [0.1, 0.15) is 12.0 Å². The van der Waals surface area contributed by atoms with Crippen molar-refractivity contribution in [3.8, 4) is 11.5 Å². The second-order valence-electron chi connectivity index (χ2n) is 8.20. The number of ether oxygens (including phenoxy) is 2. The first-order valence-electron chi connectivity index (χ1n) is 10.1. The molecule has 0 radical (unpaired) electrons. The Morgan fingerprint density at radius 2 is 1.84 bits per heavy atom. The third-order valence-electron chi connectivity index (χ3n) is 5.75. The van der Waals surface area contributed by atoms with Crippen molar-refractivity contribution in [2.75, 3.05) is 40.8 Å². The molecule has 2 aliphatic heterocycles. The fourth-order valence-electron chi connectivity index (χ4n) is 4.14. The van der Waals surface area contributed by atoms with Crippen molar-refractivity contribution in [1.82, 2.24) is 14.1 Å². The maximum absolute atomic E-state index is 13.5. The van der Waals surface area contributed by atoms with Gasteiger partial charge in [-0.25, -0.2) is 13.2 Å². The molecule has 8 nitrogen and oxygen atoms in total. The molecule has 9 heteroatoms. The summed E-state index contributed by atoms with van der Waals surface area (Å²) in [5.41, 5.74) is 0.0378. The van der Waals surface area contributed by atoms with Crippen LogP contribution in [0.2, 0.25) is 0 Å². The minimum atomic E-state index is -3.79. The van der Waals surface area contributed by atoms with Crippen LogP contribution in [0.15, 0.2) is 53.4 Å². The van der Waals surface area contributed by atoms with E-state index in [0.29, 0.717) is 31.0 Å². The minimum absolute atomic E-state index is 0.109. The van der Waals surface area contributed by atoms with Crippen LogP contribution in [0, 0.1) is 0 Å². The van der Waals surface area contributed by atoms with Crippen LogP contribution in [0.3, 0.4) is 0 Å². The Bertz CT molecular complexity index is 1070. The lowest BCUT2D eigenvalue weighted by atomic mass is 10.0. The second-order valence-corrected chi connectivity index (χ2v) is 10.1. The Hall–Kier alpha value is -2.78. The lowest BCUT2D eigenvalue weighted by Gasteiger charge is -2.32. The molecule has 2 amide bonds. The van der Waals surface area contributed by atoms with Crippen molar-refractivity contribution < 1.29 is 22.7 Å². The van der Waals surface area contributed by atoms with Crippen LogP contribution in [-0.2, 0) is 16.6 Å². The van der Waals surface area contributed by atoms with Gasteiger partial charge >= 0.3 is 6.03 Å². The molecule has 1 fully saturated rings. The molecule has 0 saturated carbocycles. The van der Waals surface area contributed by atoms with Gasteiger partial charge < -0.3 is 19.3 Å². The molecule has 2 aliphatic rings. The first kappa shape index (κ1) is 21.5. The van der Waals surface area contributed by atoms with Gasteiger partial charge in [-0.05, 0) is 29.8 Å². The Balaban J connectivity index is 1.70. The van der Waals surface area contributed by atoms with Gasteiger partial charge in [0, 0.05) is 33.6 Å². The second kappa shape index (κ2) is 8.05. The Labute approximate surface area is 183 Å². The smallest absolute Gasteiger partial charge is 0.319 e. The summed E-state index contributed by atoms with van der Waals surface area (Å²) in [4.78, 5) is 15.9. The molecule has 0 bridgehead atoms. The number of likely N-dealkylation sites (tertiary alicyclic amines) is 1. The summed E-state index contributed by atoms with van der Waals surface area (Å²) < 4.78 is 40.1. The van der Waals surface area contributed by atoms with Gasteiger partial charge in [0.05, 0.1) is 20.2 Å². The topological polar surface area (TPSA) is 79.4 Å². The molecule has 1 atom stereocenters. The molecular formula is C22H27N3O5S. The monoisotopic (exact) mass is 445 g/mol. The van der Waals surface area contributed by atoms with E-state index in [1.165, 1.54) is 9.21 Å². The Morgan fingerprint density at radius 1 is 1.13 bits per heavy atom. The zero-order valence-electron chi connectivity index (χ0n) is 17.9. The van der Waals surface area contributed by atoms with Crippen LogP contribution < -0.4 is 9.47 Å². The van der Waals surface area contributed by atoms with Crippen molar-refractivity contribution in [2.24, 2.45) is 0 Å². The Morgan fingerprint density at radius 3 is 2.52 bits per heavy atom. The number of sulfonamides is 1. The third kappa shape index (κ3) is 4.07. The molecule has 2 aromatic carbocycles. The first-order chi connectivity index (χ1) is 14.7. The highest BCUT2D eigenvalue weighted by molar-refractivity contribution is 7.89. The number of para-hydroxylation sites is 1. The van der Waals surface area contributed by atoms with Crippen molar-refractivity contribution in [2.45, 2.75) is 23.5 Å². The maximum Gasteiger partial charge on any atom is 0.319 e. The summed E-state index contributed by atoms with van der Waals surface area (Å²) in [6, 6.07) is 13.9. The van der Waals surface area contributed by atoms with Gasteiger partial charge in [-0.15, -0.1) is 0 Å². The van der Waals surface area contributed by atoms with Gasteiger partial charge in [-0.2, -0.15) is 4.31 Å². The van der Waals surface area contributed by atoms with Crippen molar-refractivity contribution in [3.63, 3.8) is 0 Å². The number of rotatable bonds is 3. The lowest BCUT2D eigenvalue weighted by Crippen LogP contribution is -2.50. The van der Waals surface area contributed by atoms with E-state index in [2.05, 4.69) is 0 Å². The van der Waals surface area contributed by atoms with E-state index in [4.69, 9.17) is 9.47 Å². The van der Waals surface area contributed by atoms with Gasteiger partial charge in [0.2, 0.25) is 10.0 Å². The third-order valence-corrected chi connectivity index (χ3v) is 7.58. The molecule has 166 valence electrons. The van der Waals surface area contributed by atoms with Gasteiger partial charge in [0.15, 0.2) is 0 Å². The zero-order chi connectivity index (χ0) is 22.2. The summed E-state index contributed by atoms with van der Waals surface area (Å²) in [5.74, 6) is 1.04. The van der Waals surface area contributed by atoms with Crippen LogP contribution in [0.4, 0.5) is 4.79 Å². The predicted octanol–water partition coefficient (Wildman–Crippen LogP) is 2.40. The van der Waals surface area contributed by atoms with E-state index in [-0.39, 0.29) is 24.0 Å². The number of urea groups is 1. The van der Waals surface area contributed by atoms with Crippen molar-refractivity contribution in [3.05, 3.63) is 54.1 Å². The van der Waals surface area contributed by atoms with E-state index in [1.54, 1.807) is 50.4 Å². The van der Waals surface area contributed by atoms with Gasteiger partial charge in [0.25, 0.3) is 0 Å². The Kier molecular flexibility index (Phi) is 5.57. The molecule has 0 aromatic heterocycles. The molecule has 1 saturated heterocycles. The largest absolute Gasteiger partial charge is 0.497 e. The number of carbonyl (C=O) groups excluding carboxylic acids is 1. The summed E-state index contributed by atoms with van der Waals surface area (Å²) in [5, 5.41) is 0. The summed E-state index contributed by atoms with van der Waals surface area (Å²) in [6.07, 6.45) is 0.551. The predicted molar refractivity (Wildman–Crippen MR) is 116 cm³/mol. The molecule has 31 heavy (non-hydrogen) atoms. The first-order valence-corrected chi connectivity index (χ1v) is 11.6. The molecule has 0 N–H and O–H groups in total. The molecule has 2 aromatic rings. The molecule has 0 unspecified atom stereocenters. The normalized spacial score (nSPS) is 22.5. The van der Waals surface area contributed by atoms with Crippen LogP contribution in [0.5, 0.6) is 11.5 Å². The maximum atomic E-state index is 13.5. The molecule has 1 spiro atoms. The van der Waals surface area contributed by atoms with Gasteiger partial charge in [-0.1, -0.05) is 24.3 Å². The number of hydrogen-bond donors (Lipinski definition) is 0. The van der Waals surface area contributed by atoms with E-state index in [0.717, 1.165) is 5.56 Å².